The summed E-state index contributed by atoms with van der Waals surface area (Å²) in [4.78, 5) is 2.22. The van der Waals surface area contributed by atoms with E-state index in [9.17, 15) is 0 Å². The molecule has 0 aromatic carbocycles. The maximum Gasteiger partial charge on any atom is 0.162 e. The van der Waals surface area contributed by atoms with Crippen LogP contribution >= 0.6 is 0 Å². The van der Waals surface area contributed by atoms with E-state index in [-0.39, 0.29) is 5.84 Å². The first-order chi connectivity index (χ1) is 8.11. The van der Waals surface area contributed by atoms with Crippen LogP contribution in [0.15, 0.2) is 12.3 Å². The molecule has 1 aromatic rings. The van der Waals surface area contributed by atoms with E-state index in [2.05, 4.69) is 28.9 Å². The number of hydrogen-bond acceptors (Lipinski definition) is 4. The number of nitrogens with zero attached hydrogens (tertiary/aromatic N) is 3. The topological polar surface area (TPSA) is 78.9 Å². The molecule has 2 atom stereocenters. The number of anilines is 1. The Morgan fingerprint density at radius 3 is 3.00 bits per heavy atom. The molecule has 0 saturated carbocycles. The predicted molar refractivity (Wildman–Crippen MR) is 68.3 cm³/mol. The normalized spacial score (nSPS) is 24.7. The fourth-order valence-corrected chi connectivity index (χ4v) is 2.38. The lowest BCUT2D eigenvalue weighted by Crippen LogP contribution is -2.44. The van der Waals surface area contributed by atoms with Gasteiger partial charge in [0, 0.05) is 12.6 Å². The summed E-state index contributed by atoms with van der Waals surface area (Å²) in [7, 11) is 0. The fraction of sp³-hybridized carbons (Fsp3) is 0.583. The second-order valence-corrected chi connectivity index (χ2v) is 4.74. The van der Waals surface area contributed by atoms with Crippen molar-refractivity contribution in [1.82, 2.24) is 10.2 Å². The van der Waals surface area contributed by atoms with Gasteiger partial charge in [0.1, 0.15) is 5.84 Å². The van der Waals surface area contributed by atoms with Gasteiger partial charge in [-0.1, -0.05) is 6.92 Å². The molecule has 5 heteroatoms. The van der Waals surface area contributed by atoms with Crippen molar-refractivity contribution >= 4 is 11.7 Å². The zero-order valence-electron chi connectivity index (χ0n) is 10.3. The van der Waals surface area contributed by atoms with Crippen molar-refractivity contribution in [2.45, 2.75) is 32.7 Å². The van der Waals surface area contributed by atoms with Crippen LogP contribution in [0.25, 0.3) is 0 Å². The van der Waals surface area contributed by atoms with E-state index in [0.717, 1.165) is 18.8 Å². The number of aromatic nitrogens is 2. The Morgan fingerprint density at radius 1 is 1.53 bits per heavy atom. The molecule has 0 radical (unpaired) electrons. The first-order valence-corrected chi connectivity index (χ1v) is 6.04. The maximum atomic E-state index is 7.59. The SMILES string of the molecule is CC1CCCN(c2nnccc2C(=N)N)C1C. The van der Waals surface area contributed by atoms with E-state index in [0.29, 0.717) is 17.5 Å². The molecule has 92 valence electrons. The Balaban J connectivity index is 2.36. The van der Waals surface area contributed by atoms with Crippen LogP contribution in [0.3, 0.4) is 0 Å². The fourth-order valence-electron chi connectivity index (χ4n) is 2.38. The number of amidine groups is 1. The van der Waals surface area contributed by atoms with Crippen molar-refractivity contribution in [3.8, 4) is 0 Å². The summed E-state index contributed by atoms with van der Waals surface area (Å²) >= 11 is 0. The van der Waals surface area contributed by atoms with Gasteiger partial charge in [0.15, 0.2) is 5.82 Å². The summed E-state index contributed by atoms with van der Waals surface area (Å²) in [6, 6.07) is 2.18. The molecule has 1 aliphatic rings. The number of hydrogen-bond donors (Lipinski definition) is 2. The van der Waals surface area contributed by atoms with E-state index in [1.54, 1.807) is 12.3 Å². The Bertz CT molecular complexity index is 417. The highest BCUT2D eigenvalue weighted by Crippen LogP contribution is 2.28. The predicted octanol–water partition coefficient (Wildman–Crippen LogP) is 1.39. The Labute approximate surface area is 102 Å². The standard InChI is InChI=1S/C12H19N5/c1-8-4-3-7-17(9(8)2)12-10(11(13)14)5-6-15-16-12/h5-6,8-9H,3-4,7H2,1-2H3,(H3,13,14). The molecule has 17 heavy (non-hydrogen) atoms. The van der Waals surface area contributed by atoms with Crippen LogP contribution in [0.2, 0.25) is 0 Å². The third kappa shape index (κ3) is 2.23. The minimum Gasteiger partial charge on any atom is -0.384 e. The minimum atomic E-state index is 0.0559. The largest absolute Gasteiger partial charge is 0.384 e. The van der Waals surface area contributed by atoms with Crippen molar-refractivity contribution in [2.75, 3.05) is 11.4 Å². The lowest BCUT2D eigenvalue weighted by atomic mass is 9.92. The molecule has 5 nitrogen and oxygen atoms in total. The monoisotopic (exact) mass is 233 g/mol. The summed E-state index contributed by atoms with van der Waals surface area (Å²) in [5.41, 5.74) is 6.27. The number of nitrogens with two attached hydrogens (primary N) is 1. The highest BCUT2D eigenvalue weighted by atomic mass is 15.3. The lowest BCUT2D eigenvalue weighted by Gasteiger charge is -2.39. The number of piperidine rings is 1. The molecule has 1 aromatic heterocycles. The van der Waals surface area contributed by atoms with Gasteiger partial charge in [0.2, 0.25) is 0 Å². The zero-order chi connectivity index (χ0) is 12.4. The Kier molecular flexibility index (Phi) is 3.26. The summed E-state index contributed by atoms with van der Waals surface area (Å²) in [5.74, 6) is 1.44. The molecule has 0 amide bonds. The van der Waals surface area contributed by atoms with Gasteiger partial charge in [-0.25, -0.2) is 0 Å². The van der Waals surface area contributed by atoms with Crippen LogP contribution in [0, 0.1) is 11.3 Å². The first kappa shape index (κ1) is 11.8. The van der Waals surface area contributed by atoms with Gasteiger partial charge in [-0.05, 0) is 31.7 Å². The van der Waals surface area contributed by atoms with Crippen molar-refractivity contribution in [3.05, 3.63) is 17.8 Å². The molecule has 3 N–H and O–H groups in total. The van der Waals surface area contributed by atoms with E-state index in [1.807, 2.05) is 0 Å². The van der Waals surface area contributed by atoms with E-state index in [4.69, 9.17) is 11.1 Å². The third-order valence-corrected chi connectivity index (χ3v) is 3.64. The van der Waals surface area contributed by atoms with Gasteiger partial charge in [0.25, 0.3) is 0 Å². The number of rotatable bonds is 2. The van der Waals surface area contributed by atoms with Crippen molar-refractivity contribution in [1.29, 1.82) is 5.41 Å². The van der Waals surface area contributed by atoms with Crippen molar-refractivity contribution < 1.29 is 0 Å². The van der Waals surface area contributed by atoms with Gasteiger partial charge in [-0.2, -0.15) is 5.10 Å². The van der Waals surface area contributed by atoms with Gasteiger partial charge in [-0.15, -0.1) is 5.10 Å². The molecule has 1 aliphatic heterocycles. The molecule has 1 saturated heterocycles. The van der Waals surface area contributed by atoms with Gasteiger partial charge in [-0.3, -0.25) is 5.41 Å². The summed E-state index contributed by atoms with van der Waals surface area (Å²) in [6.07, 6.45) is 3.98. The van der Waals surface area contributed by atoms with Gasteiger partial charge < -0.3 is 10.6 Å². The summed E-state index contributed by atoms with van der Waals surface area (Å²) in [5, 5.41) is 15.7. The summed E-state index contributed by atoms with van der Waals surface area (Å²) in [6.45, 7) is 5.41. The average Bonchev–Trinajstić information content (AvgIpc) is 2.33. The van der Waals surface area contributed by atoms with E-state index < -0.39 is 0 Å². The smallest absolute Gasteiger partial charge is 0.162 e. The highest BCUT2D eigenvalue weighted by molar-refractivity contribution is 5.99. The van der Waals surface area contributed by atoms with Crippen LogP contribution < -0.4 is 10.6 Å². The van der Waals surface area contributed by atoms with Gasteiger partial charge in [0.05, 0.1) is 11.8 Å². The zero-order valence-corrected chi connectivity index (χ0v) is 10.3. The van der Waals surface area contributed by atoms with Crippen LogP contribution in [0.5, 0.6) is 0 Å². The lowest BCUT2D eigenvalue weighted by molar-refractivity contribution is 0.361. The van der Waals surface area contributed by atoms with Crippen LogP contribution in [0.1, 0.15) is 32.3 Å². The minimum absolute atomic E-state index is 0.0559. The number of nitrogens with one attached hydrogen (secondary N) is 1. The maximum absolute atomic E-state index is 7.59. The quantitative estimate of drug-likeness (QED) is 0.597. The molecule has 2 rings (SSSR count). The molecule has 2 unspecified atom stereocenters. The number of nitrogen functional groups attached to an aromatic ring is 1. The van der Waals surface area contributed by atoms with Gasteiger partial charge >= 0.3 is 0 Å². The van der Waals surface area contributed by atoms with Crippen LogP contribution in [-0.4, -0.2) is 28.6 Å². The molecule has 0 aliphatic carbocycles. The van der Waals surface area contributed by atoms with E-state index in [1.165, 1.54) is 6.42 Å². The van der Waals surface area contributed by atoms with Crippen LogP contribution in [0.4, 0.5) is 5.82 Å². The Morgan fingerprint density at radius 2 is 2.29 bits per heavy atom. The van der Waals surface area contributed by atoms with Crippen molar-refractivity contribution in [2.24, 2.45) is 11.7 Å². The summed E-state index contributed by atoms with van der Waals surface area (Å²) < 4.78 is 0. The molecule has 1 fully saturated rings. The molecule has 0 bridgehead atoms. The molecular formula is C12H19N5. The second kappa shape index (κ2) is 4.69. The third-order valence-electron chi connectivity index (χ3n) is 3.64. The molecule has 2 heterocycles. The Hall–Kier alpha value is -1.65. The van der Waals surface area contributed by atoms with Crippen LogP contribution in [-0.2, 0) is 0 Å². The average molecular weight is 233 g/mol. The van der Waals surface area contributed by atoms with Crippen molar-refractivity contribution in [3.63, 3.8) is 0 Å². The molecule has 0 spiro atoms. The highest BCUT2D eigenvalue weighted by Gasteiger charge is 2.27. The first-order valence-electron chi connectivity index (χ1n) is 6.04. The molecular weight excluding hydrogens is 214 g/mol. The van der Waals surface area contributed by atoms with E-state index >= 15 is 0 Å². The second-order valence-electron chi connectivity index (χ2n) is 4.74.